The zero-order valence-electron chi connectivity index (χ0n) is 12.3. The van der Waals surface area contributed by atoms with Crippen LogP contribution in [0.25, 0.3) is 0 Å². The lowest BCUT2D eigenvalue weighted by Gasteiger charge is -2.21. The summed E-state index contributed by atoms with van der Waals surface area (Å²) in [5, 5.41) is 3.36. The molecular formula is C15H23N3O2. The van der Waals surface area contributed by atoms with Gasteiger partial charge >= 0.3 is 5.97 Å². The molecule has 0 bridgehead atoms. The topological polar surface area (TPSA) is 54.5 Å². The quantitative estimate of drug-likeness (QED) is 0.808. The molecule has 2 heterocycles. The lowest BCUT2D eigenvalue weighted by atomic mass is 10.2. The highest BCUT2D eigenvalue weighted by molar-refractivity contribution is 5.89. The lowest BCUT2D eigenvalue weighted by Crippen LogP contribution is -2.33. The molecule has 1 aliphatic rings. The Balaban J connectivity index is 1.84. The molecular weight excluding hydrogens is 254 g/mol. The molecule has 5 nitrogen and oxygen atoms in total. The van der Waals surface area contributed by atoms with Crippen LogP contribution in [-0.2, 0) is 4.74 Å². The maximum atomic E-state index is 11.5. The summed E-state index contributed by atoms with van der Waals surface area (Å²) in [7, 11) is 0. The first kappa shape index (κ1) is 14.8. The second kappa shape index (κ2) is 7.24. The van der Waals surface area contributed by atoms with Gasteiger partial charge in [0.1, 0.15) is 5.82 Å². The maximum absolute atomic E-state index is 11.5. The fourth-order valence-electron chi connectivity index (χ4n) is 2.47. The van der Waals surface area contributed by atoms with Crippen LogP contribution in [0.5, 0.6) is 0 Å². The predicted octanol–water partition coefficient (Wildman–Crippen LogP) is 2.15. The zero-order valence-corrected chi connectivity index (χ0v) is 12.3. The summed E-state index contributed by atoms with van der Waals surface area (Å²) in [5.41, 5.74) is 0.490. The van der Waals surface area contributed by atoms with Crippen LogP contribution in [0.15, 0.2) is 18.3 Å². The minimum Gasteiger partial charge on any atom is -0.462 e. The first-order valence-corrected chi connectivity index (χ1v) is 7.31. The van der Waals surface area contributed by atoms with Crippen LogP contribution < -0.4 is 5.32 Å². The molecule has 1 aliphatic heterocycles. The van der Waals surface area contributed by atoms with Crippen molar-refractivity contribution < 1.29 is 9.53 Å². The lowest BCUT2D eigenvalue weighted by molar-refractivity contribution is 0.0526. The summed E-state index contributed by atoms with van der Waals surface area (Å²) in [6.07, 6.45) is 4.17. The van der Waals surface area contributed by atoms with Crippen molar-refractivity contribution in [3.05, 3.63) is 23.9 Å². The molecule has 0 aromatic carbocycles. The number of ether oxygens (including phenoxy) is 1. The van der Waals surface area contributed by atoms with E-state index in [9.17, 15) is 4.79 Å². The van der Waals surface area contributed by atoms with E-state index in [1.807, 2.05) is 6.07 Å². The summed E-state index contributed by atoms with van der Waals surface area (Å²) >= 11 is 0. The van der Waals surface area contributed by atoms with Gasteiger partial charge in [0.2, 0.25) is 0 Å². The number of anilines is 1. The normalized spacial score (nSPS) is 16.9. The van der Waals surface area contributed by atoms with Crippen molar-refractivity contribution in [1.29, 1.82) is 0 Å². The molecule has 2 rings (SSSR count). The minimum absolute atomic E-state index is 0.323. The Hall–Kier alpha value is -1.62. The highest BCUT2D eigenvalue weighted by Crippen LogP contribution is 2.11. The van der Waals surface area contributed by atoms with E-state index in [4.69, 9.17) is 4.74 Å². The number of esters is 1. The Morgan fingerprint density at radius 2 is 2.20 bits per heavy atom. The van der Waals surface area contributed by atoms with E-state index >= 15 is 0 Å². The van der Waals surface area contributed by atoms with E-state index in [-0.39, 0.29) is 5.97 Å². The van der Waals surface area contributed by atoms with Crippen LogP contribution >= 0.6 is 0 Å². The summed E-state index contributed by atoms with van der Waals surface area (Å²) in [6.45, 7) is 7.75. The van der Waals surface area contributed by atoms with E-state index in [1.54, 1.807) is 19.2 Å². The van der Waals surface area contributed by atoms with Crippen molar-refractivity contribution in [3.8, 4) is 0 Å². The van der Waals surface area contributed by atoms with Gasteiger partial charge in [0, 0.05) is 18.8 Å². The first-order valence-electron chi connectivity index (χ1n) is 7.31. The summed E-state index contributed by atoms with van der Waals surface area (Å²) in [4.78, 5) is 18.2. The smallest absolute Gasteiger partial charge is 0.339 e. The molecule has 0 amide bonds. The standard InChI is InChI=1S/C15H23N3O2/c1-3-20-15(19)13-6-7-14(16-10-13)17-12(2)11-18-8-4-5-9-18/h6-7,10,12H,3-5,8-9,11H2,1-2H3,(H,16,17). The SMILES string of the molecule is CCOC(=O)c1ccc(NC(C)CN2CCCC2)nc1. The van der Waals surface area contributed by atoms with E-state index < -0.39 is 0 Å². The molecule has 0 aliphatic carbocycles. The molecule has 0 radical (unpaired) electrons. The monoisotopic (exact) mass is 277 g/mol. The van der Waals surface area contributed by atoms with Gasteiger partial charge in [-0.1, -0.05) is 0 Å². The molecule has 1 unspecified atom stereocenters. The van der Waals surface area contributed by atoms with Gasteiger partial charge in [0.25, 0.3) is 0 Å². The number of aromatic nitrogens is 1. The second-order valence-corrected chi connectivity index (χ2v) is 5.21. The van der Waals surface area contributed by atoms with E-state index in [1.165, 1.54) is 25.9 Å². The third-order valence-corrected chi connectivity index (χ3v) is 3.40. The third kappa shape index (κ3) is 4.20. The first-order chi connectivity index (χ1) is 9.69. The zero-order chi connectivity index (χ0) is 14.4. The predicted molar refractivity (Wildman–Crippen MR) is 79.0 cm³/mol. The van der Waals surface area contributed by atoms with E-state index in [0.717, 1.165) is 12.4 Å². The number of carbonyl (C=O) groups is 1. The number of nitrogens with zero attached hydrogens (tertiary/aromatic N) is 2. The molecule has 1 aromatic rings. The van der Waals surface area contributed by atoms with Crippen LogP contribution in [0.2, 0.25) is 0 Å². The Labute approximate surface area is 120 Å². The van der Waals surface area contributed by atoms with Gasteiger partial charge in [-0.3, -0.25) is 0 Å². The number of pyridine rings is 1. The number of carbonyl (C=O) groups excluding carboxylic acids is 1. The van der Waals surface area contributed by atoms with Crippen molar-refractivity contribution in [3.63, 3.8) is 0 Å². The van der Waals surface area contributed by atoms with Gasteiger partial charge in [-0.15, -0.1) is 0 Å². The van der Waals surface area contributed by atoms with Gasteiger partial charge in [-0.2, -0.15) is 0 Å². The Morgan fingerprint density at radius 3 is 2.80 bits per heavy atom. The number of hydrogen-bond acceptors (Lipinski definition) is 5. The molecule has 5 heteroatoms. The molecule has 1 aromatic heterocycles. The summed E-state index contributed by atoms with van der Waals surface area (Å²) in [6, 6.07) is 3.91. The van der Waals surface area contributed by atoms with Crippen LogP contribution in [-0.4, -0.2) is 48.1 Å². The second-order valence-electron chi connectivity index (χ2n) is 5.21. The highest BCUT2D eigenvalue weighted by atomic mass is 16.5. The number of hydrogen-bond donors (Lipinski definition) is 1. The molecule has 0 saturated carbocycles. The Bertz CT molecular complexity index is 427. The van der Waals surface area contributed by atoms with Crippen LogP contribution in [0.1, 0.15) is 37.0 Å². The largest absolute Gasteiger partial charge is 0.462 e. The van der Waals surface area contributed by atoms with Gasteiger partial charge in [-0.05, 0) is 51.9 Å². The van der Waals surface area contributed by atoms with Crippen LogP contribution in [0, 0.1) is 0 Å². The number of likely N-dealkylation sites (tertiary alicyclic amines) is 1. The average Bonchev–Trinajstić information content (AvgIpc) is 2.92. The average molecular weight is 277 g/mol. The van der Waals surface area contributed by atoms with Crippen molar-refractivity contribution in [2.24, 2.45) is 0 Å². The molecule has 1 atom stereocenters. The number of rotatable bonds is 6. The molecule has 20 heavy (non-hydrogen) atoms. The summed E-state index contributed by atoms with van der Waals surface area (Å²) in [5.74, 6) is 0.474. The van der Waals surface area contributed by atoms with Crippen molar-refractivity contribution in [2.45, 2.75) is 32.7 Å². The molecule has 1 N–H and O–H groups in total. The van der Waals surface area contributed by atoms with Gasteiger partial charge in [-0.25, -0.2) is 9.78 Å². The Morgan fingerprint density at radius 1 is 1.45 bits per heavy atom. The molecule has 1 fully saturated rings. The van der Waals surface area contributed by atoms with Gasteiger partial charge in [0.15, 0.2) is 0 Å². The molecule has 0 spiro atoms. The fraction of sp³-hybridized carbons (Fsp3) is 0.600. The van der Waals surface area contributed by atoms with Crippen molar-refractivity contribution in [2.75, 3.05) is 31.6 Å². The Kier molecular flexibility index (Phi) is 5.35. The van der Waals surface area contributed by atoms with Crippen molar-refractivity contribution in [1.82, 2.24) is 9.88 Å². The van der Waals surface area contributed by atoms with Gasteiger partial charge < -0.3 is 15.0 Å². The van der Waals surface area contributed by atoms with Crippen LogP contribution in [0.4, 0.5) is 5.82 Å². The molecule has 110 valence electrons. The summed E-state index contributed by atoms with van der Waals surface area (Å²) < 4.78 is 4.93. The van der Waals surface area contributed by atoms with E-state index in [0.29, 0.717) is 18.2 Å². The van der Waals surface area contributed by atoms with E-state index in [2.05, 4.69) is 22.1 Å². The third-order valence-electron chi connectivity index (χ3n) is 3.40. The maximum Gasteiger partial charge on any atom is 0.339 e. The fourth-order valence-corrected chi connectivity index (χ4v) is 2.47. The number of nitrogens with one attached hydrogen (secondary N) is 1. The van der Waals surface area contributed by atoms with Gasteiger partial charge in [0.05, 0.1) is 12.2 Å². The molecule has 1 saturated heterocycles. The minimum atomic E-state index is -0.323. The van der Waals surface area contributed by atoms with Crippen molar-refractivity contribution >= 4 is 11.8 Å². The van der Waals surface area contributed by atoms with Crippen LogP contribution in [0.3, 0.4) is 0 Å². The highest BCUT2D eigenvalue weighted by Gasteiger charge is 2.15.